The number of aromatic amines is 1. The number of amides is 2. The third-order valence-corrected chi connectivity index (χ3v) is 3.92. The number of ether oxygens (including phenoxy) is 1. The van der Waals surface area contributed by atoms with Crippen LogP contribution in [-0.2, 0) is 0 Å². The van der Waals surface area contributed by atoms with Gasteiger partial charge in [-0.1, -0.05) is 12.1 Å². The SMILES string of the molecule is C=CCCCOc1ccc(-c2ccc3nc(NC(=O)NCC)[nH]c3c2)cn1. The molecule has 0 atom stereocenters. The van der Waals surface area contributed by atoms with E-state index in [0.29, 0.717) is 25.0 Å². The van der Waals surface area contributed by atoms with Crippen LogP contribution in [0.2, 0.25) is 0 Å². The van der Waals surface area contributed by atoms with Crippen molar-refractivity contribution in [2.24, 2.45) is 0 Å². The number of rotatable bonds is 8. The standard InChI is InChI=1S/C20H23N5O2/c1-3-5-6-11-27-18-10-8-15(13-22-18)14-7-9-16-17(12-14)24-19(23-16)25-20(26)21-4-2/h3,7-10,12-13H,1,4-6,11H2,2H3,(H3,21,23,24,25,26). The average molecular weight is 365 g/mol. The highest BCUT2D eigenvalue weighted by molar-refractivity contribution is 5.90. The Kier molecular flexibility index (Phi) is 6.04. The number of urea groups is 1. The van der Waals surface area contributed by atoms with E-state index in [0.717, 1.165) is 35.0 Å². The molecule has 2 heterocycles. The van der Waals surface area contributed by atoms with Crippen molar-refractivity contribution in [1.29, 1.82) is 0 Å². The summed E-state index contributed by atoms with van der Waals surface area (Å²) < 4.78 is 5.61. The van der Waals surface area contributed by atoms with Crippen LogP contribution in [0.3, 0.4) is 0 Å². The number of unbranched alkanes of at least 4 members (excludes halogenated alkanes) is 1. The lowest BCUT2D eigenvalue weighted by atomic mass is 10.1. The molecule has 0 bridgehead atoms. The van der Waals surface area contributed by atoms with Crippen LogP contribution in [0.4, 0.5) is 10.7 Å². The lowest BCUT2D eigenvalue weighted by Crippen LogP contribution is -2.28. The van der Waals surface area contributed by atoms with Crippen molar-refractivity contribution in [2.75, 3.05) is 18.5 Å². The summed E-state index contributed by atoms with van der Waals surface area (Å²) >= 11 is 0. The van der Waals surface area contributed by atoms with Crippen molar-refractivity contribution in [3.8, 4) is 17.0 Å². The Morgan fingerprint density at radius 3 is 2.89 bits per heavy atom. The molecule has 0 spiro atoms. The van der Waals surface area contributed by atoms with E-state index in [2.05, 4.69) is 32.2 Å². The number of carbonyl (C=O) groups excluding carboxylic acids is 1. The van der Waals surface area contributed by atoms with Crippen LogP contribution < -0.4 is 15.4 Å². The number of benzene rings is 1. The molecule has 7 heteroatoms. The molecule has 0 radical (unpaired) electrons. The van der Waals surface area contributed by atoms with E-state index in [1.54, 1.807) is 6.20 Å². The Labute approximate surface area is 157 Å². The first-order chi connectivity index (χ1) is 13.2. The highest BCUT2D eigenvalue weighted by Gasteiger charge is 2.08. The van der Waals surface area contributed by atoms with Crippen molar-refractivity contribution in [1.82, 2.24) is 20.3 Å². The van der Waals surface area contributed by atoms with E-state index < -0.39 is 0 Å². The van der Waals surface area contributed by atoms with Gasteiger partial charge in [-0.3, -0.25) is 5.32 Å². The maximum Gasteiger partial charge on any atom is 0.321 e. The molecule has 2 amide bonds. The molecule has 0 aliphatic carbocycles. The molecular formula is C20H23N5O2. The number of aromatic nitrogens is 3. The minimum Gasteiger partial charge on any atom is -0.478 e. The predicted molar refractivity (Wildman–Crippen MR) is 107 cm³/mol. The number of fused-ring (bicyclic) bond motifs is 1. The predicted octanol–water partition coefficient (Wildman–Crippen LogP) is 4.11. The van der Waals surface area contributed by atoms with Gasteiger partial charge in [0.15, 0.2) is 0 Å². The normalized spacial score (nSPS) is 10.6. The van der Waals surface area contributed by atoms with Crippen molar-refractivity contribution < 1.29 is 9.53 Å². The second kappa shape index (κ2) is 8.84. The van der Waals surface area contributed by atoms with Crippen molar-refractivity contribution in [3.05, 3.63) is 49.2 Å². The van der Waals surface area contributed by atoms with Gasteiger partial charge < -0.3 is 15.0 Å². The topological polar surface area (TPSA) is 91.9 Å². The number of imidazole rings is 1. The number of allylic oxidation sites excluding steroid dienone is 1. The lowest BCUT2D eigenvalue weighted by Gasteiger charge is -2.06. The molecule has 0 unspecified atom stereocenters. The number of nitrogens with zero attached hydrogens (tertiary/aromatic N) is 2. The molecule has 2 aromatic heterocycles. The number of hydrogen-bond donors (Lipinski definition) is 3. The number of hydrogen-bond acceptors (Lipinski definition) is 4. The smallest absolute Gasteiger partial charge is 0.321 e. The molecule has 3 aromatic rings. The fraction of sp³-hybridized carbons (Fsp3) is 0.250. The molecule has 3 N–H and O–H groups in total. The molecular weight excluding hydrogens is 342 g/mol. The molecule has 0 saturated carbocycles. The summed E-state index contributed by atoms with van der Waals surface area (Å²) in [5, 5.41) is 5.34. The maximum absolute atomic E-state index is 11.6. The van der Waals surface area contributed by atoms with Gasteiger partial charge in [0.1, 0.15) is 0 Å². The summed E-state index contributed by atoms with van der Waals surface area (Å²) in [6, 6.07) is 9.41. The molecule has 0 fully saturated rings. The molecule has 1 aromatic carbocycles. The first kappa shape index (κ1) is 18.4. The van der Waals surface area contributed by atoms with E-state index >= 15 is 0 Å². The van der Waals surface area contributed by atoms with Gasteiger partial charge in [0.25, 0.3) is 0 Å². The zero-order chi connectivity index (χ0) is 19.1. The van der Waals surface area contributed by atoms with E-state index in [1.165, 1.54) is 0 Å². The van der Waals surface area contributed by atoms with Gasteiger partial charge in [0.05, 0.1) is 17.6 Å². The van der Waals surface area contributed by atoms with E-state index in [9.17, 15) is 4.79 Å². The highest BCUT2D eigenvalue weighted by atomic mass is 16.5. The third-order valence-electron chi connectivity index (χ3n) is 3.92. The molecule has 140 valence electrons. The molecule has 27 heavy (non-hydrogen) atoms. The van der Waals surface area contributed by atoms with Gasteiger partial charge in [-0.25, -0.2) is 14.8 Å². The molecule has 0 aliphatic heterocycles. The molecule has 0 saturated heterocycles. The zero-order valence-electron chi connectivity index (χ0n) is 15.3. The lowest BCUT2D eigenvalue weighted by molar-refractivity contribution is 0.252. The number of carbonyl (C=O) groups is 1. The average Bonchev–Trinajstić information content (AvgIpc) is 3.07. The Morgan fingerprint density at radius 1 is 1.30 bits per heavy atom. The van der Waals surface area contributed by atoms with Gasteiger partial charge in [-0.05, 0) is 43.5 Å². The van der Waals surface area contributed by atoms with Crippen LogP contribution in [-0.4, -0.2) is 34.1 Å². The summed E-state index contributed by atoms with van der Waals surface area (Å²) in [5.74, 6) is 1.02. The highest BCUT2D eigenvalue weighted by Crippen LogP contribution is 2.25. The molecule has 7 nitrogen and oxygen atoms in total. The second-order valence-corrected chi connectivity index (χ2v) is 5.97. The van der Waals surface area contributed by atoms with Crippen LogP contribution in [0.1, 0.15) is 19.8 Å². The summed E-state index contributed by atoms with van der Waals surface area (Å²) in [6.07, 6.45) is 5.52. The largest absolute Gasteiger partial charge is 0.478 e. The minimum atomic E-state index is -0.287. The van der Waals surface area contributed by atoms with E-state index in [1.807, 2.05) is 43.3 Å². The minimum absolute atomic E-state index is 0.287. The van der Waals surface area contributed by atoms with Gasteiger partial charge >= 0.3 is 6.03 Å². The van der Waals surface area contributed by atoms with Gasteiger partial charge in [-0.15, -0.1) is 6.58 Å². The maximum atomic E-state index is 11.6. The fourth-order valence-electron chi connectivity index (χ4n) is 2.60. The van der Waals surface area contributed by atoms with Gasteiger partial charge in [0.2, 0.25) is 11.8 Å². The van der Waals surface area contributed by atoms with Crippen LogP contribution in [0, 0.1) is 0 Å². The Balaban J connectivity index is 1.70. The summed E-state index contributed by atoms with van der Waals surface area (Å²) in [4.78, 5) is 23.4. The first-order valence-electron chi connectivity index (χ1n) is 8.94. The second-order valence-electron chi connectivity index (χ2n) is 5.97. The van der Waals surface area contributed by atoms with Crippen LogP contribution >= 0.6 is 0 Å². The van der Waals surface area contributed by atoms with Crippen molar-refractivity contribution in [3.63, 3.8) is 0 Å². The van der Waals surface area contributed by atoms with Gasteiger partial charge in [-0.2, -0.15) is 0 Å². The van der Waals surface area contributed by atoms with Crippen LogP contribution in [0.5, 0.6) is 5.88 Å². The van der Waals surface area contributed by atoms with E-state index in [4.69, 9.17) is 4.74 Å². The molecule has 0 aliphatic rings. The number of anilines is 1. The summed E-state index contributed by atoms with van der Waals surface area (Å²) in [7, 11) is 0. The molecule has 3 rings (SSSR count). The van der Waals surface area contributed by atoms with Gasteiger partial charge in [0, 0.05) is 24.4 Å². The summed E-state index contributed by atoms with van der Waals surface area (Å²) in [5.41, 5.74) is 3.59. The van der Waals surface area contributed by atoms with Crippen molar-refractivity contribution >= 4 is 23.0 Å². The Hall–Kier alpha value is -3.35. The monoisotopic (exact) mass is 365 g/mol. The summed E-state index contributed by atoms with van der Waals surface area (Å²) in [6.45, 7) is 6.73. The Morgan fingerprint density at radius 2 is 2.15 bits per heavy atom. The quantitative estimate of drug-likeness (QED) is 0.414. The fourth-order valence-corrected chi connectivity index (χ4v) is 2.60. The van der Waals surface area contributed by atoms with E-state index in [-0.39, 0.29) is 6.03 Å². The van der Waals surface area contributed by atoms with Crippen LogP contribution in [0.15, 0.2) is 49.2 Å². The number of pyridine rings is 1. The Bertz CT molecular complexity index is 918. The number of H-pyrrole nitrogens is 1. The zero-order valence-corrected chi connectivity index (χ0v) is 15.3. The first-order valence-corrected chi connectivity index (χ1v) is 8.94. The number of nitrogens with one attached hydrogen (secondary N) is 3. The van der Waals surface area contributed by atoms with Crippen molar-refractivity contribution in [2.45, 2.75) is 19.8 Å². The van der Waals surface area contributed by atoms with Crippen LogP contribution in [0.25, 0.3) is 22.2 Å². The third kappa shape index (κ3) is 4.84.